The Bertz CT molecular complexity index is 175. The Labute approximate surface area is 90.4 Å². The van der Waals surface area contributed by atoms with Gasteiger partial charge >= 0.3 is 0 Å². The lowest BCUT2D eigenvalue weighted by Crippen LogP contribution is -2.40. The van der Waals surface area contributed by atoms with Gasteiger partial charge in [0, 0.05) is 19.0 Å². The molecule has 1 amide bonds. The van der Waals surface area contributed by atoms with Crippen molar-refractivity contribution in [2.45, 2.75) is 32.1 Å². The van der Waals surface area contributed by atoms with Crippen LogP contribution >= 0.6 is 11.8 Å². The predicted molar refractivity (Wildman–Crippen MR) is 60.5 cm³/mol. The number of carbonyl (C=O) groups excluding carboxylic acids is 1. The van der Waals surface area contributed by atoms with Crippen molar-refractivity contribution < 1.29 is 4.79 Å². The van der Waals surface area contributed by atoms with Crippen molar-refractivity contribution >= 4 is 17.7 Å². The van der Waals surface area contributed by atoms with Gasteiger partial charge in [0.1, 0.15) is 0 Å². The van der Waals surface area contributed by atoms with E-state index in [0.717, 1.165) is 25.9 Å². The summed E-state index contributed by atoms with van der Waals surface area (Å²) in [5.74, 6) is 3.17. The molecule has 2 aliphatic heterocycles. The van der Waals surface area contributed by atoms with Gasteiger partial charge in [0.15, 0.2) is 0 Å². The fraction of sp³-hybridized carbons (Fsp3) is 0.909. The van der Waals surface area contributed by atoms with Gasteiger partial charge in [0.25, 0.3) is 0 Å². The van der Waals surface area contributed by atoms with Crippen molar-refractivity contribution in [1.82, 2.24) is 4.90 Å². The summed E-state index contributed by atoms with van der Waals surface area (Å²) in [6.07, 6.45) is 5.96. The number of hydrogen-bond donors (Lipinski definition) is 0. The Balaban J connectivity index is 1.85. The summed E-state index contributed by atoms with van der Waals surface area (Å²) in [5, 5.41) is 0. The molecule has 0 aromatic rings. The van der Waals surface area contributed by atoms with Gasteiger partial charge < -0.3 is 4.90 Å². The van der Waals surface area contributed by atoms with Crippen LogP contribution in [0.25, 0.3) is 0 Å². The third-order valence-corrected chi connectivity index (χ3v) is 4.29. The first kappa shape index (κ1) is 10.3. The van der Waals surface area contributed by atoms with Gasteiger partial charge in [-0.15, -0.1) is 0 Å². The SMILES string of the molecule is O=C(C1CCSCC1)N1CCCCC1. The van der Waals surface area contributed by atoms with Crippen molar-refractivity contribution in [1.29, 1.82) is 0 Å². The van der Waals surface area contributed by atoms with Gasteiger partial charge in [0.2, 0.25) is 5.91 Å². The third-order valence-electron chi connectivity index (χ3n) is 3.24. The molecule has 0 unspecified atom stereocenters. The van der Waals surface area contributed by atoms with E-state index in [-0.39, 0.29) is 0 Å². The molecule has 0 aliphatic carbocycles. The zero-order chi connectivity index (χ0) is 9.80. The quantitative estimate of drug-likeness (QED) is 0.665. The molecule has 0 N–H and O–H groups in total. The van der Waals surface area contributed by atoms with Crippen molar-refractivity contribution in [3.63, 3.8) is 0 Å². The number of rotatable bonds is 1. The maximum Gasteiger partial charge on any atom is 0.225 e. The second-order valence-electron chi connectivity index (χ2n) is 4.27. The van der Waals surface area contributed by atoms with Crippen LogP contribution in [0.15, 0.2) is 0 Å². The molecule has 2 saturated heterocycles. The Morgan fingerprint density at radius 1 is 1.07 bits per heavy atom. The molecule has 0 aromatic carbocycles. The average Bonchev–Trinajstić information content (AvgIpc) is 2.30. The molecule has 2 fully saturated rings. The molecule has 2 nitrogen and oxygen atoms in total. The summed E-state index contributed by atoms with van der Waals surface area (Å²) in [6, 6.07) is 0. The molecule has 0 atom stereocenters. The number of amides is 1. The first-order chi connectivity index (χ1) is 6.88. The topological polar surface area (TPSA) is 20.3 Å². The van der Waals surface area contributed by atoms with Gasteiger partial charge in [-0.2, -0.15) is 11.8 Å². The van der Waals surface area contributed by atoms with Crippen LogP contribution in [0.4, 0.5) is 0 Å². The number of hydrogen-bond acceptors (Lipinski definition) is 2. The van der Waals surface area contributed by atoms with Crippen LogP contribution in [0, 0.1) is 5.92 Å². The van der Waals surface area contributed by atoms with Crippen LogP contribution < -0.4 is 0 Å². The van der Waals surface area contributed by atoms with E-state index in [9.17, 15) is 4.79 Å². The summed E-state index contributed by atoms with van der Waals surface area (Å²) in [7, 11) is 0. The van der Waals surface area contributed by atoms with E-state index in [1.807, 2.05) is 11.8 Å². The molecule has 2 heterocycles. The van der Waals surface area contributed by atoms with Crippen LogP contribution in [0.2, 0.25) is 0 Å². The highest BCUT2D eigenvalue weighted by Crippen LogP contribution is 2.25. The minimum Gasteiger partial charge on any atom is -0.342 e. The summed E-state index contributed by atoms with van der Waals surface area (Å²) < 4.78 is 0. The largest absolute Gasteiger partial charge is 0.342 e. The van der Waals surface area contributed by atoms with Crippen LogP contribution in [0.5, 0.6) is 0 Å². The smallest absolute Gasteiger partial charge is 0.225 e. The molecule has 2 aliphatic rings. The minimum atomic E-state index is 0.356. The van der Waals surface area contributed by atoms with Gasteiger partial charge in [-0.3, -0.25) is 4.79 Å². The van der Waals surface area contributed by atoms with Crippen molar-refractivity contribution in [2.75, 3.05) is 24.6 Å². The Hall–Kier alpha value is -0.180. The molecule has 0 radical (unpaired) electrons. The van der Waals surface area contributed by atoms with Gasteiger partial charge in [-0.05, 0) is 43.6 Å². The van der Waals surface area contributed by atoms with E-state index in [1.54, 1.807) is 0 Å². The number of likely N-dealkylation sites (tertiary alicyclic amines) is 1. The fourth-order valence-electron chi connectivity index (χ4n) is 2.32. The lowest BCUT2D eigenvalue weighted by atomic mass is 9.99. The van der Waals surface area contributed by atoms with Crippen molar-refractivity contribution in [3.05, 3.63) is 0 Å². The molecular formula is C11H19NOS. The highest BCUT2D eigenvalue weighted by molar-refractivity contribution is 7.99. The van der Waals surface area contributed by atoms with Crippen LogP contribution in [-0.4, -0.2) is 35.4 Å². The third kappa shape index (κ3) is 2.44. The van der Waals surface area contributed by atoms with Crippen LogP contribution in [0.1, 0.15) is 32.1 Å². The lowest BCUT2D eigenvalue weighted by molar-refractivity contribution is -0.136. The second kappa shape index (κ2) is 5.06. The summed E-state index contributed by atoms with van der Waals surface area (Å²) in [5.41, 5.74) is 0. The average molecular weight is 213 g/mol. The maximum atomic E-state index is 12.1. The zero-order valence-corrected chi connectivity index (χ0v) is 9.52. The molecule has 0 bridgehead atoms. The number of thioether (sulfide) groups is 1. The second-order valence-corrected chi connectivity index (χ2v) is 5.50. The maximum absolute atomic E-state index is 12.1. The Kier molecular flexibility index (Phi) is 3.74. The van der Waals surface area contributed by atoms with Gasteiger partial charge in [-0.1, -0.05) is 0 Å². The first-order valence-electron chi connectivity index (χ1n) is 5.74. The zero-order valence-electron chi connectivity index (χ0n) is 8.71. The molecule has 0 saturated carbocycles. The van der Waals surface area contributed by atoms with E-state index in [4.69, 9.17) is 0 Å². The van der Waals surface area contributed by atoms with Crippen molar-refractivity contribution in [3.8, 4) is 0 Å². The van der Waals surface area contributed by atoms with E-state index in [1.165, 1.54) is 30.8 Å². The Morgan fingerprint density at radius 2 is 1.71 bits per heavy atom. The number of piperidine rings is 1. The molecule has 14 heavy (non-hydrogen) atoms. The predicted octanol–water partition coefficient (Wildman–Crippen LogP) is 2.14. The van der Waals surface area contributed by atoms with Crippen LogP contribution in [0.3, 0.4) is 0 Å². The molecule has 0 spiro atoms. The lowest BCUT2D eigenvalue weighted by Gasteiger charge is -2.31. The Morgan fingerprint density at radius 3 is 2.36 bits per heavy atom. The van der Waals surface area contributed by atoms with E-state index in [0.29, 0.717) is 11.8 Å². The molecule has 80 valence electrons. The van der Waals surface area contributed by atoms with E-state index in [2.05, 4.69) is 4.90 Å². The normalized spacial score (nSPS) is 25.0. The monoisotopic (exact) mass is 213 g/mol. The van der Waals surface area contributed by atoms with Gasteiger partial charge in [-0.25, -0.2) is 0 Å². The summed E-state index contributed by atoms with van der Waals surface area (Å²) >= 11 is 1.99. The van der Waals surface area contributed by atoms with Gasteiger partial charge in [0.05, 0.1) is 0 Å². The summed E-state index contributed by atoms with van der Waals surface area (Å²) in [4.78, 5) is 14.2. The standard InChI is InChI=1S/C11H19NOS/c13-11(10-4-8-14-9-5-10)12-6-2-1-3-7-12/h10H,1-9H2. The molecule has 3 heteroatoms. The highest BCUT2D eigenvalue weighted by atomic mass is 32.2. The van der Waals surface area contributed by atoms with Crippen molar-refractivity contribution in [2.24, 2.45) is 5.92 Å². The van der Waals surface area contributed by atoms with E-state index >= 15 is 0 Å². The first-order valence-corrected chi connectivity index (χ1v) is 6.90. The number of carbonyl (C=O) groups is 1. The highest BCUT2D eigenvalue weighted by Gasteiger charge is 2.26. The van der Waals surface area contributed by atoms with E-state index < -0.39 is 0 Å². The summed E-state index contributed by atoms with van der Waals surface area (Å²) in [6.45, 7) is 2.03. The molecule has 2 rings (SSSR count). The fourth-order valence-corrected chi connectivity index (χ4v) is 3.42. The molecule has 0 aromatic heterocycles. The number of nitrogens with zero attached hydrogens (tertiary/aromatic N) is 1. The molecular weight excluding hydrogens is 194 g/mol. The van der Waals surface area contributed by atoms with Crippen LogP contribution in [-0.2, 0) is 4.79 Å². The minimum absolute atomic E-state index is 0.356.